The largest absolute Gasteiger partial charge is 0.396 e. The minimum Gasteiger partial charge on any atom is -0.396 e. The molecule has 80 valence electrons. The number of hydrogen-bond donors (Lipinski definition) is 2. The second-order valence-electron chi connectivity index (χ2n) is 2.98. The fourth-order valence-electron chi connectivity index (χ4n) is 0.732. The van der Waals surface area contributed by atoms with Gasteiger partial charge in [0.05, 0.1) is 6.54 Å². The van der Waals surface area contributed by atoms with Crippen molar-refractivity contribution in [3.8, 4) is 0 Å². The third-order valence-corrected chi connectivity index (χ3v) is 1.21. The predicted molar refractivity (Wildman–Crippen MR) is 54.2 cm³/mol. The van der Waals surface area contributed by atoms with Gasteiger partial charge in [-0.15, -0.1) is 0 Å². The first-order chi connectivity index (χ1) is 6.45. The number of nitrogens with two attached hydrogens (primary N) is 1. The van der Waals surface area contributed by atoms with Crippen LogP contribution >= 0.6 is 0 Å². The second kappa shape index (κ2) is 6.11. The fraction of sp³-hybridized carbons (Fsp3) is 0.500. The molecule has 3 N–H and O–H groups in total. The summed E-state index contributed by atoms with van der Waals surface area (Å²) in [5.41, 5.74) is 0. The van der Waals surface area contributed by atoms with Gasteiger partial charge in [-0.05, 0) is 14.1 Å². The number of carbonyl (C=O) groups excluding carboxylic acids is 1. The van der Waals surface area contributed by atoms with Crippen molar-refractivity contribution >= 4 is 11.8 Å². The quantitative estimate of drug-likeness (QED) is 0.362. The Kier molecular flexibility index (Phi) is 5.50. The van der Waals surface area contributed by atoms with Crippen LogP contribution in [-0.4, -0.2) is 37.3 Å². The molecule has 0 aromatic rings. The second-order valence-corrected chi connectivity index (χ2v) is 2.98. The minimum absolute atomic E-state index is 0.187. The summed E-state index contributed by atoms with van der Waals surface area (Å²) in [7, 11) is 3.58. The highest BCUT2D eigenvalue weighted by molar-refractivity contribution is 5.80. The molecule has 0 rings (SSSR count). The zero-order chi connectivity index (χ0) is 11.1. The van der Waals surface area contributed by atoms with Gasteiger partial charge >= 0.3 is 0 Å². The van der Waals surface area contributed by atoms with Crippen molar-refractivity contribution < 1.29 is 9.63 Å². The maximum atomic E-state index is 11.2. The van der Waals surface area contributed by atoms with Gasteiger partial charge in [-0.25, -0.2) is 0 Å². The zero-order valence-corrected chi connectivity index (χ0v) is 8.70. The number of nitrogens with one attached hydrogen (secondary N) is 1. The molecule has 0 saturated heterocycles. The number of rotatable bonds is 4. The van der Waals surface area contributed by atoms with E-state index in [1.165, 1.54) is 0 Å². The standard InChI is InChI=1S/C8H16N4O2/c1-6(10-7(2)14-9)11-8(13)5-12(3)4/h1,5,9H2,2-4H3,(H,11,13). The number of carbonyl (C=O) groups is 1. The minimum atomic E-state index is -0.187. The molecule has 0 atom stereocenters. The van der Waals surface area contributed by atoms with Crippen LogP contribution in [0.2, 0.25) is 0 Å². The topological polar surface area (TPSA) is 80.0 Å². The zero-order valence-electron chi connectivity index (χ0n) is 8.70. The third-order valence-electron chi connectivity index (χ3n) is 1.21. The van der Waals surface area contributed by atoms with Crippen LogP contribution < -0.4 is 11.2 Å². The first-order valence-corrected chi connectivity index (χ1v) is 4.01. The van der Waals surface area contributed by atoms with Gasteiger partial charge in [0.15, 0.2) is 0 Å². The van der Waals surface area contributed by atoms with Gasteiger partial charge in [0, 0.05) is 6.92 Å². The van der Waals surface area contributed by atoms with Crippen LogP contribution in [0, 0.1) is 0 Å². The normalized spacial score (nSPS) is 11.4. The number of nitrogens with zero attached hydrogens (tertiary/aromatic N) is 2. The molecule has 0 radical (unpaired) electrons. The Morgan fingerprint density at radius 3 is 2.64 bits per heavy atom. The van der Waals surface area contributed by atoms with Gasteiger partial charge in [-0.2, -0.15) is 10.9 Å². The van der Waals surface area contributed by atoms with E-state index in [2.05, 4.69) is 21.7 Å². The lowest BCUT2D eigenvalue weighted by atomic mass is 10.5. The Labute approximate surface area is 83.4 Å². The van der Waals surface area contributed by atoms with Crippen LogP contribution in [0.5, 0.6) is 0 Å². The highest BCUT2D eigenvalue weighted by Crippen LogP contribution is 1.89. The van der Waals surface area contributed by atoms with E-state index in [1.54, 1.807) is 25.9 Å². The summed E-state index contributed by atoms with van der Waals surface area (Å²) in [6.07, 6.45) is 0. The van der Waals surface area contributed by atoms with Crippen molar-refractivity contribution in [1.82, 2.24) is 10.2 Å². The van der Waals surface area contributed by atoms with Crippen LogP contribution in [0.25, 0.3) is 0 Å². The number of likely N-dealkylation sites (N-methyl/N-ethyl adjacent to an activating group) is 1. The molecular formula is C8H16N4O2. The lowest BCUT2D eigenvalue weighted by Crippen LogP contribution is -2.32. The molecule has 0 bridgehead atoms. The van der Waals surface area contributed by atoms with Gasteiger partial charge in [-0.3, -0.25) is 4.79 Å². The van der Waals surface area contributed by atoms with E-state index < -0.39 is 0 Å². The fourth-order valence-corrected chi connectivity index (χ4v) is 0.732. The van der Waals surface area contributed by atoms with Gasteiger partial charge in [0.2, 0.25) is 11.8 Å². The van der Waals surface area contributed by atoms with E-state index in [0.717, 1.165) is 0 Å². The molecule has 0 saturated carbocycles. The Morgan fingerprint density at radius 2 is 2.21 bits per heavy atom. The molecule has 1 amide bonds. The summed E-state index contributed by atoms with van der Waals surface area (Å²) in [6.45, 7) is 5.35. The van der Waals surface area contributed by atoms with Crippen molar-refractivity contribution in [3.63, 3.8) is 0 Å². The molecule has 0 unspecified atom stereocenters. The lowest BCUT2D eigenvalue weighted by molar-refractivity contribution is -0.120. The van der Waals surface area contributed by atoms with E-state index in [0.29, 0.717) is 0 Å². The van der Waals surface area contributed by atoms with Crippen LogP contribution in [0.15, 0.2) is 17.4 Å². The van der Waals surface area contributed by atoms with E-state index in [1.807, 2.05) is 0 Å². The van der Waals surface area contributed by atoms with E-state index in [9.17, 15) is 4.79 Å². The molecule has 0 spiro atoms. The summed E-state index contributed by atoms with van der Waals surface area (Å²) >= 11 is 0. The molecule has 0 heterocycles. The molecular weight excluding hydrogens is 184 g/mol. The van der Waals surface area contributed by atoms with E-state index >= 15 is 0 Å². The number of hydrogen-bond acceptors (Lipinski definition) is 5. The van der Waals surface area contributed by atoms with Crippen molar-refractivity contribution in [2.45, 2.75) is 6.92 Å². The SMILES string of the molecule is C=C(N=C(C)ON)NC(=O)CN(C)C. The van der Waals surface area contributed by atoms with E-state index in [-0.39, 0.29) is 24.2 Å². The van der Waals surface area contributed by atoms with Crippen LogP contribution in [0.1, 0.15) is 6.92 Å². The number of aliphatic imine (C=N–C) groups is 1. The highest BCUT2D eigenvalue weighted by Gasteiger charge is 2.03. The molecule has 0 aliphatic heterocycles. The summed E-state index contributed by atoms with van der Waals surface area (Å²) in [5.74, 6) is 5.10. The van der Waals surface area contributed by atoms with Gasteiger partial charge in [-0.1, -0.05) is 6.58 Å². The molecule has 0 aromatic carbocycles. The van der Waals surface area contributed by atoms with Crippen LogP contribution in [0.4, 0.5) is 0 Å². The smallest absolute Gasteiger partial charge is 0.239 e. The summed E-state index contributed by atoms with van der Waals surface area (Å²) in [6, 6.07) is 0. The molecule has 0 aromatic heterocycles. The van der Waals surface area contributed by atoms with Gasteiger partial charge < -0.3 is 15.1 Å². The Morgan fingerprint density at radius 1 is 1.64 bits per heavy atom. The predicted octanol–water partition coefficient (Wildman–Crippen LogP) is -0.556. The Hall–Kier alpha value is -1.40. The monoisotopic (exact) mass is 200 g/mol. The van der Waals surface area contributed by atoms with Crippen molar-refractivity contribution in [2.24, 2.45) is 10.9 Å². The summed E-state index contributed by atoms with van der Waals surface area (Å²) in [4.78, 5) is 21.0. The van der Waals surface area contributed by atoms with Crippen molar-refractivity contribution in [3.05, 3.63) is 12.4 Å². The summed E-state index contributed by atoms with van der Waals surface area (Å²) in [5, 5.41) is 2.48. The average molecular weight is 200 g/mol. The van der Waals surface area contributed by atoms with Crippen LogP contribution in [0.3, 0.4) is 0 Å². The van der Waals surface area contributed by atoms with Crippen molar-refractivity contribution in [2.75, 3.05) is 20.6 Å². The first kappa shape index (κ1) is 12.6. The Bertz CT molecular complexity index is 248. The number of amides is 1. The third kappa shape index (κ3) is 6.15. The summed E-state index contributed by atoms with van der Waals surface area (Å²) < 4.78 is 0. The molecule has 14 heavy (non-hydrogen) atoms. The maximum absolute atomic E-state index is 11.2. The van der Waals surface area contributed by atoms with Crippen molar-refractivity contribution in [1.29, 1.82) is 0 Å². The molecule has 0 aliphatic rings. The molecule has 6 heteroatoms. The first-order valence-electron chi connectivity index (χ1n) is 4.01. The van der Waals surface area contributed by atoms with Crippen LogP contribution in [-0.2, 0) is 9.63 Å². The van der Waals surface area contributed by atoms with Gasteiger partial charge in [0.25, 0.3) is 0 Å². The molecule has 6 nitrogen and oxygen atoms in total. The molecule has 0 fully saturated rings. The highest BCUT2D eigenvalue weighted by atomic mass is 16.6. The lowest BCUT2D eigenvalue weighted by Gasteiger charge is -2.09. The van der Waals surface area contributed by atoms with Gasteiger partial charge in [0.1, 0.15) is 5.82 Å². The molecule has 0 aliphatic carbocycles. The average Bonchev–Trinajstić information content (AvgIpc) is 2.01. The maximum Gasteiger partial charge on any atom is 0.239 e. The Balaban J connectivity index is 4.01. The van der Waals surface area contributed by atoms with E-state index in [4.69, 9.17) is 5.90 Å².